The molecule has 3 aromatic rings. The zero-order valence-electron chi connectivity index (χ0n) is 15.8. The number of hydrogen-bond donors (Lipinski definition) is 0. The van der Waals surface area contributed by atoms with Crippen LogP contribution in [0.5, 0.6) is 0 Å². The molecule has 1 fully saturated rings. The Labute approximate surface area is 159 Å². The van der Waals surface area contributed by atoms with Crippen LogP contribution in [-0.4, -0.2) is 33.4 Å². The van der Waals surface area contributed by atoms with Crippen LogP contribution in [0.15, 0.2) is 59.5 Å². The highest BCUT2D eigenvalue weighted by Gasteiger charge is 2.29. The number of carbonyl (C=O) groups excluding carboxylic acids is 1. The van der Waals surface area contributed by atoms with Gasteiger partial charge in [-0.3, -0.25) is 4.79 Å². The largest absolute Gasteiger partial charge is 0.459 e. The number of amides is 1. The summed E-state index contributed by atoms with van der Waals surface area (Å²) in [6.07, 6.45) is 5.52. The predicted molar refractivity (Wildman–Crippen MR) is 105 cm³/mol. The molecular formula is C22H25N3O2. The highest BCUT2D eigenvalue weighted by molar-refractivity contribution is 5.91. The number of aromatic nitrogens is 2. The van der Waals surface area contributed by atoms with Crippen molar-refractivity contribution in [3.05, 3.63) is 66.5 Å². The standard InChI is InChI=1S/C22H25N3O2/c1-16(2)21-20(17-8-4-3-5-9-17)23-15-25(21)18-10-6-12-24(14-18)22(26)19-11-7-13-27-19/h3-5,7-9,11,13,15-16,18H,6,10,12,14H2,1-2H3. The first-order chi connectivity index (χ1) is 13.1. The zero-order chi connectivity index (χ0) is 18.8. The highest BCUT2D eigenvalue weighted by atomic mass is 16.3. The molecule has 0 radical (unpaired) electrons. The van der Waals surface area contributed by atoms with Gasteiger partial charge in [0.1, 0.15) is 0 Å². The molecule has 1 aliphatic heterocycles. The fraction of sp³-hybridized carbons (Fsp3) is 0.364. The Bertz CT molecular complexity index is 897. The summed E-state index contributed by atoms with van der Waals surface area (Å²) in [5.41, 5.74) is 3.41. The van der Waals surface area contributed by atoms with Gasteiger partial charge in [-0.1, -0.05) is 44.2 Å². The van der Waals surface area contributed by atoms with Crippen molar-refractivity contribution in [2.45, 2.75) is 38.6 Å². The van der Waals surface area contributed by atoms with E-state index in [1.54, 1.807) is 18.4 Å². The Morgan fingerprint density at radius 3 is 2.70 bits per heavy atom. The van der Waals surface area contributed by atoms with Crippen molar-refractivity contribution >= 4 is 5.91 Å². The number of rotatable bonds is 4. The predicted octanol–water partition coefficient (Wildman–Crippen LogP) is 4.74. The average Bonchev–Trinajstić information content (AvgIpc) is 3.38. The molecule has 0 N–H and O–H groups in total. The molecule has 1 unspecified atom stereocenters. The van der Waals surface area contributed by atoms with Crippen LogP contribution in [0.2, 0.25) is 0 Å². The van der Waals surface area contributed by atoms with Crippen LogP contribution in [0, 0.1) is 0 Å². The normalized spacial score (nSPS) is 17.4. The van der Waals surface area contributed by atoms with Crippen LogP contribution in [0.3, 0.4) is 0 Å². The first kappa shape index (κ1) is 17.6. The molecule has 0 saturated carbocycles. The van der Waals surface area contributed by atoms with Gasteiger partial charge in [-0.05, 0) is 30.9 Å². The molecule has 1 saturated heterocycles. The number of likely N-dealkylation sites (tertiary alicyclic amines) is 1. The lowest BCUT2D eigenvalue weighted by molar-refractivity contribution is 0.0646. The van der Waals surface area contributed by atoms with Crippen molar-refractivity contribution in [3.63, 3.8) is 0 Å². The maximum atomic E-state index is 12.7. The third-order valence-corrected chi connectivity index (χ3v) is 5.24. The van der Waals surface area contributed by atoms with E-state index in [2.05, 4.69) is 30.5 Å². The van der Waals surface area contributed by atoms with Gasteiger partial charge in [-0.25, -0.2) is 4.98 Å². The Hall–Kier alpha value is -2.82. The van der Waals surface area contributed by atoms with Crippen molar-refractivity contribution in [3.8, 4) is 11.3 Å². The monoisotopic (exact) mass is 363 g/mol. The highest BCUT2D eigenvalue weighted by Crippen LogP contribution is 2.33. The number of piperidine rings is 1. The van der Waals surface area contributed by atoms with Gasteiger partial charge in [0.2, 0.25) is 0 Å². The molecule has 1 aliphatic rings. The second-order valence-electron chi connectivity index (χ2n) is 7.43. The van der Waals surface area contributed by atoms with Gasteiger partial charge in [0.05, 0.1) is 24.3 Å². The Morgan fingerprint density at radius 2 is 2.00 bits per heavy atom. The van der Waals surface area contributed by atoms with Crippen LogP contribution in [0.1, 0.15) is 54.9 Å². The van der Waals surface area contributed by atoms with E-state index >= 15 is 0 Å². The third kappa shape index (κ3) is 3.42. The molecule has 0 aliphatic carbocycles. The summed E-state index contributed by atoms with van der Waals surface area (Å²) in [6.45, 7) is 5.86. The lowest BCUT2D eigenvalue weighted by Crippen LogP contribution is -2.40. The molecule has 4 rings (SSSR count). The number of imidazole rings is 1. The van der Waals surface area contributed by atoms with E-state index in [0.717, 1.165) is 30.6 Å². The lowest BCUT2D eigenvalue weighted by Gasteiger charge is -2.34. The summed E-state index contributed by atoms with van der Waals surface area (Å²) in [4.78, 5) is 19.3. The second kappa shape index (κ2) is 7.43. The average molecular weight is 363 g/mol. The van der Waals surface area contributed by atoms with Gasteiger partial charge in [-0.15, -0.1) is 0 Å². The van der Waals surface area contributed by atoms with Crippen LogP contribution in [0.4, 0.5) is 0 Å². The van der Waals surface area contributed by atoms with E-state index in [1.807, 2.05) is 29.4 Å². The van der Waals surface area contributed by atoms with Crippen LogP contribution < -0.4 is 0 Å². The molecule has 5 heteroatoms. The number of benzene rings is 1. The summed E-state index contributed by atoms with van der Waals surface area (Å²) in [6, 6.07) is 14.0. The molecule has 1 amide bonds. The molecule has 1 aromatic carbocycles. The summed E-state index contributed by atoms with van der Waals surface area (Å²) < 4.78 is 7.59. The van der Waals surface area contributed by atoms with Gasteiger partial charge in [0.25, 0.3) is 5.91 Å². The SMILES string of the molecule is CC(C)c1c(-c2ccccc2)ncn1C1CCCN(C(=O)c2ccco2)C1. The number of nitrogens with zero attached hydrogens (tertiary/aromatic N) is 3. The molecular weight excluding hydrogens is 338 g/mol. The van der Waals surface area contributed by atoms with Gasteiger partial charge in [-0.2, -0.15) is 0 Å². The number of hydrogen-bond acceptors (Lipinski definition) is 3. The van der Waals surface area contributed by atoms with Crippen LogP contribution in [-0.2, 0) is 0 Å². The fourth-order valence-electron chi connectivity index (χ4n) is 3.97. The minimum atomic E-state index is -0.0285. The van der Waals surface area contributed by atoms with E-state index < -0.39 is 0 Å². The first-order valence-corrected chi connectivity index (χ1v) is 9.60. The molecule has 0 bridgehead atoms. The summed E-state index contributed by atoms with van der Waals surface area (Å²) >= 11 is 0. The quantitative estimate of drug-likeness (QED) is 0.672. The van der Waals surface area contributed by atoms with Crippen molar-refractivity contribution < 1.29 is 9.21 Å². The number of carbonyl (C=O) groups is 1. The van der Waals surface area contributed by atoms with E-state index in [4.69, 9.17) is 9.40 Å². The van der Waals surface area contributed by atoms with Crippen molar-refractivity contribution in [2.75, 3.05) is 13.1 Å². The van der Waals surface area contributed by atoms with Crippen molar-refractivity contribution in [2.24, 2.45) is 0 Å². The van der Waals surface area contributed by atoms with Crippen molar-refractivity contribution in [1.82, 2.24) is 14.5 Å². The molecule has 2 aromatic heterocycles. The van der Waals surface area contributed by atoms with Gasteiger partial charge in [0.15, 0.2) is 5.76 Å². The van der Waals surface area contributed by atoms with E-state index in [0.29, 0.717) is 18.2 Å². The van der Waals surface area contributed by atoms with E-state index in [1.165, 1.54) is 5.69 Å². The zero-order valence-corrected chi connectivity index (χ0v) is 15.8. The summed E-state index contributed by atoms with van der Waals surface area (Å²) in [7, 11) is 0. The number of furan rings is 1. The lowest BCUT2D eigenvalue weighted by atomic mass is 10.00. The molecule has 3 heterocycles. The van der Waals surface area contributed by atoms with Gasteiger partial charge in [0, 0.05) is 24.3 Å². The summed E-state index contributed by atoms with van der Waals surface area (Å²) in [5, 5.41) is 0. The second-order valence-corrected chi connectivity index (χ2v) is 7.43. The molecule has 27 heavy (non-hydrogen) atoms. The van der Waals surface area contributed by atoms with Crippen molar-refractivity contribution in [1.29, 1.82) is 0 Å². The van der Waals surface area contributed by atoms with Crippen LogP contribution >= 0.6 is 0 Å². The maximum absolute atomic E-state index is 12.7. The first-order valence-electron chi connectivity index (χ1n) is 9.60. The smallest absolute Gasteiger partial charge is 0.289 e. The van der Waals surface area contributed by atoms with Crippen LogP contribution in [0.25, 0.3) is 11.3 Å². The Kier molecular flexibility index (Phi) is 4.84. The molecule has 1 atom stereocenters. The molecule has 140 valence electrons. The minimum absolute atomic E-state index is 0.0285. The van der Waals surface area contributed by atoms with E-state index in [-0.39, 0.29) is 11.9 Å². The van der Waals surface area contributed by atoms with Gasteiger partial charge >= 0.3 is 0 Å². The Balaban J connectivity index is 1.63. The topological polar surface area (TPSA) is 51.3 Å². The third-order valence-electron chi connectivity index (χ3n) is 5.24. The van der Waals surface area contributed by atoms with Gasteiger partial charge < -0.3 is 13.9 Å². The maximum Gasteiger partial charge on any atom is 0.289 e. The minimum Gasteiger partial charge on any atom is -0.459 e. The summed E-state index contributed by atoms with van der Waals surface area (Å²) in [5.74, 6) is 0.730. The molecule has 0 spiro atoms. The Morgan fingerprint density at radius 1 is 1.19 bits per heavy atom. The molecule has 5 nitrogen and oxygen atoms in total. The van der Waals surface area contributed by atoms with E-state index in [9.17, 15) is 4.79 Å². The fourth-order valence-corrected chi connectivity index (χ4v) is 3.97.